The minimum atomic E-state index is 0.619. The molecule has 0 N–H and O–H groups in total. The summed E-state index contributed by atoms with van der Waals surface area (Å²) in [4.78, 5) is 18.1. The van der Waals surface area contributed by atoms with Crippen LogP contribution in [0.3, 0.4) is 0 Å². The highest BCUT2D eigenvalue weighted by Crippen LogP contribution is 2.49. The second kappa shape index (κ2) is 13.6. The van der Waals surface area contributed by atoms with Gasteiger partial charge in [0.1, 0.15) is 5.65 Å². The third-order valence-corrected chi connectivity index (χ3v) is 13.9. The Hall–Kier alpha value is -8.26. The molecule has 0 unspecified atom stereocenters. The molecule has 64 heavy (non-hydrogen) atoms. The first-order valence-corrected chi connectivity index (χ1v) is 22.3. The maximum absolute atomic E-state index is 5.25. The molecule has 0 spiro atoms. The van der Waals surface area contributed by atoms with E-state index in [2.05, 4.69) is 202 Å². The van der Waals surface area contributed by atoms with Gasteiger partial charge < -0.3 is 4.57 Å². The Morgan fingerprint density at radius 1 is 0.344 bits per heavy atom. The van der Waals surface area contributed by atoms with Crippen LogP contribution in [0.25, 0.3) is 117 Å². The number of aromatic nitrogens is 6. The Kier molecular flexibility index (Phi) is 7.52. The van der Waals surface area contributed by atoms with Crippen LogP contribution in [0.15, 0.2) is 216 Å². The minimum absolute atomic E-state index is 0.619. The van der Waals surface area contributed by atoms with Gasteiger partial charge in [0, 0.05) is 64.8 Å². The molecule has 13 aromatic rings. The van der Waals surface area contributed by atoms with E-state index in [4.69, 9.17) is 15.0 Å². The van der Waals surface area contributed by atoms with Crippen LogP contribution in [0.2, 0.25) is 0 Å². The van der Waals surface area contributed by atoms with E-state index in [0.717, 1.165) is 49.9 Å². The molecule has 14 rings (SSSR count). The van der Waals surface area contributed by atoms with E-state index in [1.54, 1.807) is 0 Å². The first-order chi connectivity index (χ1) is 31.7. The molecule has 0 atom stereocenters. The van der Waals surface area contributed by atoms with E-state index in [9.17, 15) is 0 Å². The van der Waals surface area contributed by atoms with E-state index < -0.39 is 0 Å². The van der Waals surface area contributed by atoms with Crippen molar-refractivity contribution in [3.8, 4) is 51.2 Å². The number of hydrogen-bond donors (Lipinski definition) is 0. The van der Waals surface area contributed by atoms with Crippen LogP contribution in [-0.4, -0.2) is 28.7 Å². The molecule has 9 aromatic carbocycles. The maximum atomic E-state index is 5.25. The summed E-state index contributed by atoms with van der Waals surface area (Å²) >= 11 is 1.85. The first-order valence-electron chi connectivity index (χ1n) is 21.5. The summed E-state index contributed by atoms with van der Waals surface area (Å²) in [6, 6.07) is 73.6. The SMILES string of the molecule is c1ccc(-c2nc(-c3cccc(-n4c5ccccc5c5ccccc54)c3)nc(-c3ccc4ccc(-n5c6ccccc6c6c7cccc8c7n(c65)-c5ccccc5S8)cc4c3)n2)cc1. The highest BCUT2D eigenvalue weighted by atomic mass is 32.2. The van der Waals surface area contributed by atoms with Gasteiger partial charge in [-0.2, -0.15) is 0 Å². The highest BCUT2D eigenvalue weighted by Gasteiger charge is 2.28. The van der Waals surface area contributed by atoms with Crippen LogP contribution >= 0.6 is 11.8 Å². The molecule has 0 fully saturated rings. The molecular formula is C57H34N6S. The first kappa shape index (κ1) is 35.3. The number of rotatable bonds is 5. The van der Waals surface area contributed by atoms with Gasteiger partial charge in [0.25, 0.3) is 0 Å². The molecule has 5 heterocycles. The maximum Gasteiger partial charge on any atom is 0.164 e. The van der Waals surface area contributed by atoms with Crippen molar-refractivity contribution in [2.24, 2.45) is 0 Å². The summed E-state index contributed by atoms with van der Waals surface area (Å²) in [7, 11) is 0. The predicted molar refractivity (Wildman–Crippen MR) is 263 cm³/mol. The van der Waals surface area contributed by atoms with Crippen molar-refractivity contribution in [3.05, 3.63) is 206 Å². The molecular weight excluding hydrogens is 801 g/mol. The van der Waals surface area contributed by atoms with Gasteiger partial charge in [-0.3, -0.25) is 9.13 Å². The molecule has 1 aliphatic heterocycles. The van der Waals surface area contributed by atoms with Crippen molar-refractivity contribution in [2.75, 3.05) is 0 Å². The van der Waals surface area contributed by atoms with E-state index in [0.29, 0.717) is 17.5 Å². The van der Waals surface area contributed by atoms with Gasteiger partial charge in [0.15, 0.2) is 17.5 Å². The molecule has 7 heteroatoms. The molecule has 298 valence electrons. The van der Waals surface area contributed by atoms with Crippen LogP contribution in [0.5, 0.6) is 0 Å². The number of benzene rings is 9. The second-order valence-electron chi connectivity index (χ2n) is 16.4. The predicted octanol–water partition coefficient (Wildman–Crippen LogP) is 14.6. The minimum Gasteiger partial charge on any atom is -0.309 e. The summed E-state index contributed by atoms with van der Waals surface area (Å²) in [5, 5.41) is 8.47. The number of hydrogen-bond acceptors (Lipinski definition) is 4. The van der Waals surface area contributed by atoms with Gasteiger partial charge in [-0.25, -0.2) is 15.0 Å². The van der Waals surface area contributed by atoms with Crippen LogP contribution in [0.4, 0.5) is 0 Å². The molecule has 1 aliphatic rings. The molecule has 0 aliphatic carbocycles. The van der Waals surface area contributed by atoms with E-state index in [1.165, 1.54) is 59.1 Å². The van der Waals surface area contributed by atoms with Gasteiger partial charge in [0.2, 0.25) is 0 Å². The van der Waals surface area contributed by atoms with Crippen molar-refractivity contribution >= 4 is 77.2 Å². The lowest BCUT2D eigenvalue weighted by Gasteiger charge is -2.21. The van der Waals surface area contributed by atoms with Crippen LogP contribution in [-0.2, 0) is 0 Å². The fraction of sp³-hybridized carbons (Fsp3) is 0. The van der Waals surface area contributed by atoms with Crippen LogP contribution in [0, 0.1) is 0 Å². The Labute approximate surface area is 371 Å². The Morgan fingerprint density at radius 3 is 1.69 bits per heavy atom. The zero-order chi connectivity index (χ0) is 41.9. The zero-order valence-corrected chi connectivity index (χ0v) is 35.0. The Morgan fingerprint density at radius 2 is 0.906 bits per heavy atom. The van der Waals surface area contributed by atoms with Crippen molar-refractivity contribution in [3.63, 3.8) is 0 Å². The smallest absolute Gasteiger partial charge is 0.164 e. The van der Waals surface area contributed by atoms with E-state index in [1.807, 2.05) is 30.0 Å². The van der Waals surface area contributed by atoms with Gasteiger partial charge in [0.05, 0.1) is 27.8 Å². The fourth-order valence-electron chi connectivity index (χ4n) is 10.0. The Balaban J connectivity index is 0.952. The lowest BCUT2D eigenvalue weighted by Crippen LogP contribution is -2.05. The molecule has 0 saturated heterocycles. The van der Waals surface area contributed by atoms with Crippen molar-refractivity contribution in [2.45, 2.75) is 9.79 Å². The average molecular weight is 835 g/mol. The molecule has 6 nitrogen and oxygen atoms in total. The average Bonchev–Trinajstić information content (AvgIpc) is 4.01. The highest BCUT2D eigenvalue weighted by molar-refractivity contribution is 7.99. The molecule has 0 radical (unpaired) electrons. The largest absolute Gasteiger partial charge is 0.309 e. The van der Waals surface area contributed by atoms with E-state index >= 15 is 0 Å². The summed E-state index contributed by atoms with van der Waals surface area (Å²) < 4.78 is 7.27. The Bertz CT molecular complexity index is 4010. The topological polar surface area (TPSA) is 53.5 Å². The molecule has 0 saturated carbocycles. The molecule has 0 amide bonds. The standard InChI is InChI=1S/C57H34N6S/c1-2-14-36(15-3-1)54-58-55(37-16-12-17-40(33-37)61-46-22-7-4-18-42(46)43-19-5-8-23-47(43)61)60-56(59-54)38-29-28-35-30-31-41(34-39(35)32-38)62-48-24-9-6-20-44(48)52-45-21-13-27-51-53(45)63(57(52)62)49-25-10-11-26-50(49)64-51/h1-34H. The lowest BCUT2D eigenvalue weighted by molar-refractivity contribution is 1.03. The monoisotopic (exact) mass is 834 g/mol. The van der Waals surface area contributed by atoms with Crippen LogP contribution < -0.4 is 0 Å². The second-order valence-corrected chi connectivity index (χ2v) is 17.5. The fourth-order valence-corrected chi connectivity index (χ4v) is 11.1. The summed E-state index contributed by atoms with van der Waals surface area (Å²) in [5.74, 6) is 1.87. The quantitative estimate of drug-likeness (QED) is 0.173. The van der Waals surface area contributed by atoms with E-state index in [-0.39, 0.29) is 0 Å². The number of nitrogens with zero attached hydrogens (tertiary/aromatic N) is 6. The lowest BCUT2D eigenvalue weighted by atomic mass is 10.1. The summed E-state index contributed by atoms with van der Waals surface area (Å²) in [6.45, 7) is 0. The van der Waals surface area contributed by atoms with Crippen molar-refractivity contribution < 1.29 is 0 Å². The van der Waals surface area contributed by atoms with Gasteiger partial charge >= 0.3 is 0 Å². The number of para-hydroxylation sites is 5. The van der Waals surface area contributed by atoms with Gasteiger partial charge in [-0.15, -0.1) is 0 Å². The normalized spacial score (nSPS) is 12.3. The molecule has 4 aromatic heterocycles. The number of fused-ring (bicyclic) bond motifs is 11. The van der Waals surface area contributed by atoms with Crippen molar-refractivity contribution in [1.82, 2.24) is 28.7 Å². The van der Waals surface area contributed by atoms with Gasteiger partial charge in [-0.05, 0) is 77.5 Å². The zero-order valence-electron chi connectivity index (χ0n) is 34.2. The van der Waals surface area contributed by atoms with Crippen LogP contribution in [0.1, 0.15) is 0 Å². The third kappa shape index (κ3) is 5.19. The third-order valence-electron chi connectivity index (χ3n) is 12.8. The molecule has 0 bridgehead atoms. The van der Waals surface area contributed by atoms with Gasteiger partial charge in [-0.1, -0.05) is 151 Å². The summed E-state index contributed by atoms with van der Waals surface area (Å²) in [6.07, 6.45) is 0. The summed E-state index contributed by atoms with van der Waals surface area (Å²) in [5.41, 5.74) is 12.0. The van der Waals surface area contributed by atoms with Crippen molar-refractivity contribution in [1.29, 1.82) is 0 Å².